The summed E-state index contributed by atoms with van der Waals surface area (Å²) < 4.78 is 0. The van der Waals surface area contributed by atoms with Gasteiger partial charge in [-0.25, -0.2) is 0 Å². The van der Waals surface area contributed by atoms with Gasteiger partial charge in [0.15, 0.2) is 0 Å². The van der Waals surface area contributed by atoms with Crippen molar-refractivity contribution in [3.05, 3.63) is 127 Å². The number of rotatable bonds is 6. The molecular formula is C39H42IrN2Si-2. The van der Waals surface area contributed by atoms with Crippen LogP contribution >= 0.6 is 0 Å². The van der Waals surface area contributed by atoms with Gasteiger partial charge in [0.1, 0.15) is 0 Å². The van der Waals surface area contributed by atoms with Crippen molar-refractivity contribution in [2.45, 2.75) is 71.0 Å². The van der Waals surface area contributed by atoms with Crippen LogP contribution in [0.25, 0.3) is 33.6 Å². The van der Waals surface area contributed by atoms with Gasteiger partial charge in [-0.1, -0.05) is 94.4 Å². The van der Waals surface area contributed by atoms with Gasteiger partial charge in [0.25, 0.3) is 0 Å². The summed E-state index contributed by atoms with van der Waals surface area (Å²) >= 11 is 0. The molecule has 0 amide bonds. The molecule has 0 unspecified atom stereocenters. The number of benzene rings is 3. The van der Waals surface area contributed by atoms with Crippen LogP contribution in [-0.4, -0.2) is 18.0 Å². The third kappa shape index (κ3) is 8.26. The third-order valence-electron chi connectivity index (χ3n) is 8.15. The van der Waals surface area contributed by atoms with Crippen LogP contribution in [0, 0.1) is 12.1 Å². The van der Waals surface area contributed by atoms with E-state index in [4.69, 9.17) is 4.98 Å². The Morgan fingerprint density at radius 2 is 1.28 bits per heavy atom. The first kappa shape index (κ1) is 32.7. The summed E-state index contributed by atoms with van der Waals surface area (Å²) in [6, 6.07) is 37.7. The summed E-state index contributed by atoms with van der Waals surface area (Å²) in [5, 5.41) is 1.55. The van der Waals surface area contributed by atoms with Crippen LogP contribution < -0.4 is 5.19 Å². The van der Waals surface area contributed by atoms with E-state index in [0.29, 0.717) is 5.92 Å². The Morgan fingerprint density at radius 3 is 1.81 bits per heavy atom. The smallest absolute Gasteiger partial charge is 0.0799 e. The first-order valence-electron chi connectivity index (χ1n) is 15.3. The van der Waals surface area contributed by atoms with Crippen LogP contribution in [0.4, 0.5) is 0 Å². The quantitative estimate of drug-likeness (QED) is 0.127. The van der Waals surface area contributed by atoms with Gasteiger partial charge in [-0.15, -0.1) is 71.8 Å². The van der Waals surface area contributed by atoms with Crippen LogP contribution in [0.5, 0.6) is 0 Å². The van der Waals surface area contributed by atoms with Crippen molar-refractivity contribution in [2.75, 3.05) is 0 Å². The fourth-order valence-corrected chi connectivity index (χ4v) is 7.46. The molecule has 3 aromatic carbocycles. The van der Waals surface area contributed by atoms with Crippen molar-refractivity contribution in [1.29, 1.82) is 0 Å². The minimum atomic E-state index is -1.34. The van der Waals surface area contributed by atoms with Gasteiger partial charge < -0.3 is 9.97 Å². The van der Waals surface area contributed by atoms with Crippen molar-refractivity contribution in [3.63, 3.8) is 0 Å². The molecule has 1 radical (unpaired) electrons. The van der Waals surface area contributed by atoms with Gasteiger partial charge in [0.2, 0.25) is 0 Å². The number of pyridine rings is 2. The molecule has 0 atom stereocenters. The molecule has 0 spiro atoms. The average Bonchev–Trinajstić information content (AvgIpc) is 3.57. The van der Waals surface area contributed by atoms with E-state index in [2.05, 4.69) is 105 Å². The molecule has 5 aromatic rings. The predicted molar refractivity (Wildman–Crippen MR) is 181 cm³/mol. The molecule has 223 valence electrons. The van der Waals surface area contributed by atoms with E-state index in [1.807, 2.05) is 48.7 Å². The maximum Gasteiger partial charge on any atom is 0.0799 e. The minimum Gasteiger partial charge on any atom is -0.305 e. The zero-order chi connectivity index (χ0) is 29.5. The van der Waals surface area contributed by atoms with Crippen molar-refractivity contribution in [1.82, 2.24) is 9.97 Å². The van der Waals surface area contributed by atoms with Gasteiger partial charge in [0, 0.05) is 32.5 Å². The molecule has 43 heavy (non-hydrogen) atoms. The van der Waals surface area contributed by atoms with Crippen LogP contribution in [0.15, 0.2) is 103 Å². The van der Waals surface area contributed by atoms with Crippen molar-refractivity contribution < 1.29 is 20.1 Å². The van der Waals surface area contributed by atoms with E-state index < -0.39 is 8.07 Å². The monoisotopic (exact) mass is 759 g/mol. The fraction of sp³-hybridized carbons (Fsp3) is 0.282. The summed E-state index contributed by atoms with van der Waals surface area (Å²) in [7, 11) is -1.34. The van der Waals surface area contributed by atoms with E-state index in [1.54, 1.807) is 10.8 Å². The first-order valence-corrected chi connectivity index (χ1v) is 18.8. The minimum absolute atomic E-state index is 0. The fourth-order valence-electron chi connectivity index (χ4n) is 5.87. The number of hydrogen-bond donors (Lipinski definition) is 0. The molecule has 2 heterocycles. The van der Waals surface area contributed by atoms with Crippen molar-refractivity contribution in [2.24, 2.45) is 0 Å². The molecule has 2 nitrogen and oxygen atoms in total. The first-order chi connectivity index (χ1) is 20.3. The van der Waals surface area contributed by atoms with Gasteiger partial charge in [0.05, 0.1) is 8.07 Å². The molecule has 0 saturated heterocycles. The summed E-state index contributed by atoms with van der Waals surface area (Å²) in [4.78, 5) is 9.38. The molecule has 0 aliphatic heterocycles. The largest absolute Gasteiger partial charge is 0.305 e. The van der Waals surface area contributed by atoms with Crippen LogP contribution in [-0.2, 0) is 20.1 Å². The van der Waals surface area contributed by atoms with E-state index >= 15 is 0 Å². The van der Waals surface area contributed by atoms with Gasteiger partial charge in [-0.05, 0) is 57.9 Å². The zero-order valence-electron chi connectivity index (χ0n) is 26.0. The zero-order valence-corrected chi connectivity index (χ0v) is 29.4. The Labute approximate surface area is 273 Å². The van der Waals surface area contributed by atoms with Crippen LogP contribution in [0.2, 0.25) is 19.6 Å². The Balaban J connectivity index is 0.000000192. The standard InChI is InChI=1S/C20H18N.C19H24NSi.Ir/c1-15(2)19-14-21-20(17-11-7-4-8-12-17)13-18(19)16-9-5-3-6-10-16;1-21(2,3)19-14-20-18(16-11-5-4-6-12-16)13-17(19)15-9-7-8-10-15;/h3-11,13-15H,1-2H3;4-6,11,13-15H,7-10H2,1-3H3;/q2*-1;. The number of nitrogens with zero attached hydrogens (tertiary/aromatic N) is 2. The van der Waals surface area contributed by atoms with Gasteiger partial charge >= 0.3 is 0 Å². The van der Waals surface area contributed by atoms with Crippen LogP contribution in [0.3, 0.4) is 0 Å². The molecule has 2 aromatic heterocycles. The second-order valence-corrected chi connectivity index (χ2v) is 17.7. The maximum absolute atomic E-state index is 4.75. The Hall–Kier alpha value is -3.17. The topological polar surface area (TPSA) is 25.8 Å². The van der Waals surface area contributed by atoms with Crippen LogP contribution in [0.1, 0.15) is 62.5 Å². The van der Waals surface area contributed by atoms with E-state index in [9.17, 15) is 0 Å². The predicted octanol–water partition coefficient (Wildman–Crippen LogP) is 10.1. The normalized spacial score (nSPS) is 13.3. The second-order valence-electron chi connectivity index (χ2n) is 12.6. The molecule has 1 aliphatic carbocycles. The molecule has 0 bridgehead atoms. The van der Waals surface area contributed by atoms with E-state index in [-0.39, 0.29) is 20.1 Å². The van der Waals surface area contributed by atoms with E-state index in [0.717, 1.165) is 28.4 Å². The maximum atomic E-state index is 4.75. The molecule has 1 fully saturated rings. The third-order valence-corrected chi connectivity index (χ3v) is 10.2. The molecule has 1 aliphatic rings. The Bertz CT molecular complexity index is 1570. The summed E-state index contributed by atoms with van der Waals surface area (Å²) in [5.41, 5.74) is 9.55. The molecule has 0 N–H and O–H groups in total. The second kappa shape index (κ2) is 15.0. The molecule has 6 rings (SSSR count). The molecule has 4 heteroatoms. The Kier molecular flexibility index (Phi) is 11.4. The van der Waals surface area contributed by atoms with Gasteiger partial charge in [-0.2, -0.15) is 0 Å². The average molecular weight is 759 g/mol. The summed E-state index contributed by atoms with van der Waals surface area (Å²) in [6.07, 6.45) is 9.62. The summed E-state index contributed by atoms with van der Waals surface area (Å²) in [6.45, 7) is 11.7. The summed E-state index contributed by atoms with van der Waals surface area (Å²) in [5.74, 6) is 1.19. The number of hydrogen-bond acceptors (Lipinski definition) is 2. The van der Waals surface area contributed by atoms with Crippen molar-refractivity contribution in [3.8, 4) is 33.6 Å². The SMILES string of the molecule is CC(C)c1cnc(-c2[c-]cccc2)cc1-c1ccccc1.C[Si](C)(C)c1cnc(-c2[c-]cccc2)cc1C1CCCC1.[Ir]. The number of aromatic nitrogens is 2. The van der Waals surface area contributed by atoms with E-state index in [1.165, 1.54) is 42.4 Å². The van der Waals surface area contributed by atoms with Crippen molar-refractivity contribution >= 4 is 13.3 Å². The Morgan fingerprint density at radius 1 is 0.721 bits per heavy atom. The molecule has 1 saturated carbocycles. The molecular weight excluding hydrogens is 717 g/mol. The van der Waals surface area contributed by atoms with Gasteiger partial charge in [-0.3, -0.25) is 0 Å².